The van der Waals surface area contributed by atoms with E-state index in [2.05, 4.69) is 41.4 Å². The number of carbonyl (C=O) groups is 1. The van der Waals surface area contributed by atoms with Crippen LogP contribution in [-0.2, 0) is 6.54 Å². The summed E-state index contributed by atoms with van der Waals surface area (Å²) in [6.07, 6.45) is 6.56. The first-order valence-corrected chi connectivity index (χ1v) is 9.37. The minimum absolute atomic E-state index is 0.147. The quantitative estimate of drug-likeness (QED) is 0.571. The van der Waals surface area contributed by atoms with Crippen LogP contribution in [0.1, 0.15) is 21.5 Å². The number of nitrogens with one attached hydrogen (secondary N) is 1. The number of benzene rings is 1. The average molecular weight is 387 g/mol. The lowest BCUT2D eigenvalue weighted by Gasteiger charge is -2.07. The van der Waals surface area contributed by atoms with Crippen molar-refractivity contribution in [2.75, 3.05) is 6.54 Å². The molecular formula is C22H21N5O2. The fraction of sp³-hybridized carbons (Fsp3) is 0.182. The van der Waals surface area contributed by atoms with E-state index >= 15 is 0 Å². The van der Waals surface area contributed by atoms with E-state index in [1.165, 1.54) is 17.3 Å². The van der Waals surface area contributed by atoms with Crippen LogP contribution in [0.2, 0.25) is 0 Å². The van der Waals surface area contributed by atoms with E-state index in [0.717, 1.165) is 11.3 Å². The van der Waals surface area contributed by atoms with Gasteiger partial charge >= 0.3 is 0 Å². The van der Waals surface area contributed by atoms with E-state index in [1.807, 2.05) is 6.07 Å². The van der Waals surface area contributed by atoms with Crippen LogP contribution in [0.4, 0.5) is 0 Å². The van der Waals surface area contributed by atoms with Gasteiger partial charge < -0.3 is 9.88 Å². The summed E-state index contributed by atoms with van der Waals surface area (Å²) in [5, 5.41) is 7.33. The minimum Gasteiger partial charge on any atom is -0.350 e. The predicted molar refractivity (Wildman–Crippen MR) is 111 cm³/mol. The number of fused-ring (bicyclic) bond motifs is 1. The monoisotopic (exact) mass is 387 g/mol. The van der Waals surface area contributed by atoms with Crippen molar-refractivity contribution in [3.8, 4) is 11.3 Å². The van der Waals surface area contributed by atoms with Crippen LogP contribution in [0.15, 0.2) is 66.0 Å². The summed E-state index contributed by atoms with van der Waals surface area (Å²) in [6, 6.07) is 11.3. The van der Waals surface area contributed by atoms with Crippen molar-refractivity contribution in [3.05, 3.63) is 88.2 Å². The van der Waals surface area contributed by atoms with Crippen molar-refractivity contribution < 1.29 is 4.79 Å². The minimum atomic E-state index is -0.214. The molecule has 7 heteroatoms. The van der Waals surface area contributed by atoms with Gasteiger partial charge in [-0.3, -0.25) is 14.6 Å². The second-order valence-corrected chi connectivity index (χ2v) is 6.95. The van der Waals surface area contributed by atoms with E-state index in [0.29, 0.717) is 24.2 Å². The molecule has 4 rings (SSSR count). The number of pyridine rings is 1. The third-order valence-electron chi connectivity index (χ3n) is 4.97. The Morgan fingerprint density at radius 1 is 1.10 bits per heavy atom. The zero-order chi connectivity index (χ0) is 20.4. The lowest BCUT2D eigenvalue weighted by Crippen LogP contribution is -2.31. The summed E-state index contributed by atoms with van der Waals surface area (Å²) < 4.78 is 3.17. The molecule has 1 amide bonds. The number of nitrogens with zero attached hydrogens (tertiary/aromatic N) is 4. The van der Waals surface area contributed by atoms with Gasteiger partial charge in [-0.1, -0.05) is 12.1 Å². The molecule has 0 spiro atoms. The van der Waals surface area contributed by atoms with E-state index in [4.69, 9.17) is 0 Å². The molecule has 146 valence electrons. The maximum absolute atomic E-state index is 12.8. The van der Waals surface area contributed by atoms with Gasteiger partial charge in [-0.15, -0.1) is 0 Å². The second-order valence-electron chi connectivity index (χ2n) is 6.95. The van der Waals surface area contributed by atoms with Crippen LogP contribution in [0, 0.1) is 13.8 Å². The number of aromatic nitrogens is 4. The first kappa shape index (κ1) is 18.6. The molecule has 0 fully saturated rings. The Labute approximate surface area is 167 Å². The molecule has 1 aromatic carbocycles. The Morgan fingerprint density at radius 3 is 2.72 bits per heavy atom. The Balaban J connectivity index is 1.52. The second kappa shape index (κ2) is 7.71. The summed E-state index contributed by atoms with van der Waals surface area (Å²) in [5.74, 6) is -0.214. The molecule has 29 heavy (non-hydrogen) atoms. The standard InChI is InChI=1S/C22H21N5O2/c1-15-5-6-17(12-16(15)2)19-13-20-22(29)26(10-11-27(20)25-19)9-8-24-21(28)18-4-3-7-23-14-18/h3-7,10-14H,8-9H2,1-2H3,(H,24,28). The summed E-state index contributed by atoms with van der Waals surface area (Å²) in [7, 11) is 0. The van der Waals surface area contributed by atoms with Gasteiger partial charge in [0.25, 0.3) is 11.5 Å². The Bertz CT molecular complexity index is 1240. The molecule has 0 bridgehead atoms. The van der Waals surface area contributed by atoms with Crippen LogP contribution in [0.5, 0.6) is 0 Å². The molecule has 1 N–H and O–H groups in total. The lowest BCUT2D eigenvalue weighted by molar-refractivity contribution is 0.0952. The highest BCUT2D eigenvalue weighted by atomic mass is 16.1. The SMILES string of the molecule is Cc1ccc(-c2cc3c(=O)n(CCNC(=O)c4cccnc4)ccn3n2)cc1C. The molecule has 3 aromatic heterocycles. The van der Waals surface area contributed by atoms with E-state index < -0.39 is 0 Å². The van der Waals surface area contributed by atoms with Gasteiger partial charge in [-0.2, -0.15) is 5.10 Å². The Hall–Kier alpha value is -3.74. The highest BCUT2D eigenvalue weighted by molar-refractivity contribution is 5.93. The van der Waals surface area contributed by atoms with Crippen molar-refractivity contribution in [2.45, 2.75) is 20.4 Å². The Kier molecular flexibility index (Phi) is 4.95. The summed E-state index contributed by atoms with van der Waals surface area (Å²) >= 11 is 0. The molecule has 0 aliphatic heterocycles. The maximum atomic E-state index is 12.8. The third-order valence-corrected chi connectivity index (χ3v) is 4.97. The van der Waals surface area contributed by atoms with Crippen molar-refractivity contribution in [3.63, 3.8) is 0 Å². The number of hydrogen-bond acceptors (Lipinski definition) is 4. The number of rotatable bonds is 5. The molecule has 0 aliphatic carbocycles. The molecule has 0 saturated carbocycles. The Morgan fingerprint density at radius 2 is 1.97 bits per heavy atom. The number of carbonyl (C=O) groups excluding carboxylic acids is 1. The lowest BCUT2D eigenvalue weighted by atomic mass is 10.0. The molecule has 3 heterocycles. The van der Waals surface area contributed by atoms with Gasteiger partial charge in [0.05, 0.1) is 11.3 Å². The number of aryl methyl sites for hydroxylation is 2. The number of amides is 1. The van der Waals surface area contributed by atoms with Crippen LogP contribution >= 0.6 is 0 Å². The van der Waals surface area contributed by atoms with E-state index in [-0.39, 0.29) is 11.5 Å². The maximum Gasteiger partial charge on any atom is 0.276 e. The van der Waals surface area contributed by atoms with Gasteiger partial charge in [0, 0.05) is 43.4 Å². The molecule has 0 atom stereocenters. The van der Waals surface area contributed by atoms with Gasteiger partial charge in [-0.05, 0) is 49.2 Å². The van der Waals surface area contributed by atoms with E-state index in [9.17, 15) is 9.59 Å². The first-order valence-electron chi connectivity index (χ1n) is 9.37. The van der Waals surface area contributed by atoms with Crippen LogP contribution in [-0.4, -0.2) is 31.6 Å². The molecule has 0 aliphatic rings. The van der Waals surface area contributed by atoms with Crippen molar-refractivity contribution >= 4 is 11.4 Å². The highest BCUT2D eigenvalue weighted by Gasteiger charge is 2.10. The zero-order valence-corrected chi connectivity index (χ0v) is 16.3. The molecule has 7 nitrogen and oxygen atoms in total. The fourth-order valence-electron chi connectivity index (χ4n) is 3.13. The van der Waals surface area contributed by atoms with Crippen LogP contribution in [0.3, 0.4) is 0 Å². The fourth-order valence-corrected chi connectivity index (χ4v) is 3.13. The summed E-state index contributed by atoms with van der Waals surface area (Å²) in [4.78, 5) is 28.8. The van der Waals surface area contributed by atoms with Gasteiger partial charge in [0.15, 0.2) is 0 Å². The third kappa shape index (κ3) is 3.80. The molecular weight excluding hydrogens is 366 g/mol. The predicted octanol–water partition coefficient (Wildman–Crippen LogP) is 2.60. The van der Waals surface area contributed by atoms with Gasteiger partial charge in [0.1, 0.15) is 5.52 Å². The molecule has 0 saturated heterocycles. The van der Waals surface area contributed by atoms with Gasteiger partial charge in [0.2, 0.25) is 0 Å². The van der Waals surface area contributed by atoms with Gasteiger partial charge in [-0.25, -0.2) is 4.52 Å². The smallest absolute Gasteiger partial charge is 0.276 e. The summed E-state index contributed by atoms with van der Waals surface area (Å²) in [5.41, 5.74) is 4.97. The van der Waals surface area contributed by atoms with Crippen LogP contribution < -0.4 is 10.9 Å². The zero-order valence-electron chi connectivity index (χ0n) is 16.3. The van der Waals surface area contributed by atoms with E-state index in [1.54, 1.807) is 45.9 Å². The topological polar surface area (TPSA) is 81.3 Å². The van der Waals surface area contributed by atoms with Crippen molar-refractivity contribution in [1.82, 2.24) is 24.5 Å². The molecule has 4 aromatic rings. The highest BCUT2D eigenvalue weighted by Crippen LogP contribution is 2.21. The normalized spacial score (nSPS) is 11.0. The largest absolute Gasteiger partial charge is 0.350 e. The first-order chi connectivity index (χ1) is 14.0. The number of hydrogen-bond donors (Lipinski definition) is 1. The van der Waals surface area contributed by atoms with Crippen LogP contribution in [0.25, 0.3) is 16.8 Å². The summed E-state index contributed by atoms with van der Waals surface area (Å²) in [6.45, 7) is 4.82. The molecule has 0 unspecified atom stereocenters. The van der Waals surface area contributed by atoms with Crippen molar-refractivity contribution in [2.24, 2.45) is 0 Å². The average Bonchev–Trinajstić information content (AvgIpc) is 3.17. The molecule has 0 radical (unpaired) electrons. The van der Waals surface area contributed by atoms with Crippen molar-refractivity contribution in [1.29, 1.82) is 0 Å².